The summed E-state index contributed by atoms with van der Waals surface area (Å²) >= 11 is 0. The van der Waals surface area contributed by atoms with Gasteiger partial charge in [0.05, 0.1) is 4.90 Å². The number of hydrogen-bond acceptors (Lipinski definition) is 4. The van der Waals surface area contributed by atoms with Crippen LogP contribution in [0.5, 0.6) is 0 Å². The molecular formula is C7H11BO4S. The first-order valence-corrected chi connectivity index (χ1v) is 5.38. The number of rotatable bonds is 1. The van der Waals surface area contributed by atoms with E-state index in [1.807, 2.05) is 0 Å². The van der Waals surface area contributed by atoms with Gasteiger partial charge in [0, 0.05) is 6.26 Å². The molecule has 0 aliphatic heterocycles. The molecule has 0 heterocycles. The summed E-state index contributed by atoms with van der Waals surface area (Å²) in [5, 5.41) is 14.2. The van der Waals surface area contributed by atoms with Crippen molar-refractivity contribution in [3.8, 4) is 0 Å². The Morgan fingerprint density at radius 1 is 1.15 bits per heavy atom. The fraction of sp³-hybridized carbons (Fsp3) is 0.143. The molecule has 0 spiro atoms. The van der Waals surface area contributed by atoms with Gasteiger partial charge < -0.3 is 10.0 Å². The van der Waals surface area contributed by atoms with E-state index in [1.165, 1.54) is 6.26 Å². The summed E-state index contributed by atoms with van der Waals surface area (Å²) in [5.41, 5.74) is 0. The Morgan fingerprint density at radius 3 is 1.77 bits per heavy atom. The first-order valence-electron chi connectivity index (χ1n) is 3.49. The quantitative estimate of drug-likeness (QED) is 0.592. The molecule has 0 amide bonds. The molecule has 0 aliphatic carbocycles. The topological polar surface area (TPSA) is 74.6 Å². The number of benzene rings is 1. The van der Waals surface area contributed by atoms with Crippen LogP contribution in [-0.4, -0.2) is 32.4 Å². The Labute approximate surface area is 78.1 Å². The molecule has 0 aromatic heterocycles. The lowest BCUT2D eigenvalue weighted by molar-refractivity contribution is 0.448. The maximum atomic E-state index is 10.8. The molecule has 2 N–H and O–H groups in total. The molecule has 72 valence electrons. The van der Waals surface area contributed by atoms with Crippen LogP contribution in [0.2, 0.25) is 0 Å². The van der Waals surface area contributed by atoms with Gasteiger partial charge in [-0.2, -0.15) is 0 Å². The van der Waals surface area contributed by atoms with Gasteiger partial charge in [-0.05, 0) is 12.1 Å². The molecule has 1 aromatic carbocycles. The molecule has 4 nitrogen and oxygen atoms in total. The van der Waals surface area contributed by atoms with Gasteiger partial charge in [-0.25, -0.2) is 8.42 Å². The molecule has 6 heteroatoms. The highest BCUT2D eigenvalue weighted by Gasteiger charge is 2.02. The van der Waals surface area contributed by atoms with Gasteiger partial charge in [-0.15, -0.1) is 0 Å². The van der Waals surface area contributed by atoms with Gasteiger partial charge in [0.25, 0.3) is 0 Å². The second-order valence-electron chi connectivity index (χ2n) is 2.23. The second-order valence-corrected chi connectivity index (χ2v) is 4.24. The van der Waals surface area contributed by atoms with Crippen LogP contribution in [0, 0.1) is 0 Å². The summed E-state index contributed by atoms with van der Waals surface area (Å²) < 4.78 is 21.7. The fourth-order valence-electron chi connectivity index (χ4n) is 0.668. The Balaban J connectivity index is 0.000000424. The third kappa shape index (κ3) is 5.40. The van der Waals surface area contributed by atoms with Crippen molar-refractivity contribution in [2.45, 2.75) is 4.90 Å². The van der Waals surface area contributed by atoms with Crippen molar-refractivity contribution in [2.75, 3.05) is 6.26 Å². The van der Waals surface area contributed by atoms with Crippen LogP contribution in [0.15, 0.2) is 35.2 Å². The van der Waals surface area contributed by atoms with Crippen LogP contribution in [0.4, 0.5) is 0 Å². The van der Waals surface area contributed by atoms with Gasteiger partial charge in [-0.1, -0.05) is 18.2 Å². The van der Waals surface area contributed by atoms with Crippen LogP contribution in [0.3, 0.4) is 0 Å². The molecule has 0 radical (unpaired) electrons. The Hall–Kier alpha value is -0.845. The molecular weight excluding hydrogens is 191 g/mol. The lowest BCUT2D eigenvalue weighted by Crippen LogP contribution is -1.95. The third-order valence-corrected chi connectivity index (χ3v) is 2.30. The van der Waals surface area contributed by atoms with E-state index in [2.05, 4.69) is 0 Å². The molecule has 1 aromatic rings. The summed E-state index contributed by atoms with van der Waals surface area (Å²) in [6.45, 7) is 0. The molecule has 0 fully saturated rings. The number of sulfone groups is 1. The van der Waals surface area contributed by atoms with E-state index in [1.54, 1.807) is 30.3 Å². The van der Waals surface area contributed by atoms with Gasteiger partial charge in [0.1, 0.15) is 0 Å². The zero-order chi connectivity index (χ0) is 10.3. The van der Waals surface area contributed by atoms with Crippen molar-refractivity contribution in [1.29, 1.82) is 0 Å². The van der Waals surface area contributed by atoms with Crippen molar-refractivity contribution in [1.82, 2.24) is 0 Å². The van der Waals surface area contributed by atoms with Gasteiger partial charge in [0.2, 0.25) is 0 Å². The lowest BCUT2D eigenvalue weighted by atomic mass is 10.4. The average Bonchev–Trinajstić information content (AvgIpc) is 2.06. The van der Waals surface area contributed by atoms with Crippen LogP contribution in [0.1, 0.15) is 0 Å². The molecule has 0 saturated carbocycles. The smallest absolute Gasteiger partial charge is 0.430 e. The average molecular weight is 202 g/mol. The standard InChI is InChI=1S/C7H8O2S.BH3O2/c1-10(8,9)7-5-3-2-4-6-7;2-1-3/h2-6H,1H3;1-3H. The summed E-state index contributed by atoms with van der Waals surface area (Å²) in [7, 11) is -3.75. The van der Waals surface area contributed by atoms with E-state index in [0.29, 0.717) is 4.90 Å². The highest BCUT2D eigenvalue weighted by Crippen LogP contribution is 2.05. The van der Waals surface area contributed by atoms with E-state index >= 15 is 0 Å². The van der Waals surface area contributed by atoms with Crippen LogP contribution >= 0.6 is 0 Å². The predicted molar refractivity (Wildman–Crippen MR) is 51.1 cm³/mol. The molecule has 0 aliphatic rings. The van der Waals surface area contributed by atoms with Gasteiger partial charge >= 0.3 is 7.69 Å². The molecule has 0 bridgehead atoms. The molecule has 13 heavy (non-hydrogen) atoms. The Kier molecular flexibility index (Phi) is 5.37. The van der Waals surface area contributed by atoms with E-state index in [0.717, 1.165) is 0 Å². The monoisotopic (exact) mass is 202 g/mol. The zero-order valence-corrected chi connectivity index (χ0v) is 8.03. The van der Waals surface area contributed by atoms with E-state index in [-0.39, 0.29) is 0 Å². The normalized spacial score (nSPS) is 9.77. The van der Waals surface area contributed by atoms with Gasteiger partial charge in [-0.3, -0.25) is 0 Å². The minimum Gasteiger partial charge on any atom is -0.430 e. The Bertz CT molecular complexity index is 322. The zero-order valence-electron chi connectivity index (χ0n) is 7.21. The van der Waals surface area contributed by atoms with Crippen LogP contribution < -0.4 is 0 Å². The summed E-state index contributed by atoms with van der Waals surface area (Å²) in [4.78, 5) is 0.370. The van der Waals surface area contributed by atoms with E-state index < -0.39 is 17.5 Å². The Morgan fingerprint density at radius 2 is 1.54 bits per heavy atom. The molecule has 0 atom stereocenters. The molecule has 1 rings (SSSR count). The fourth-order valence-corrected chi connectivity index (χ4v) is 1.32. The van der Waals surface area contributed by atoms with Crippen molar-refractivity contribution in [2.24, 2.45) is 0 Å². The maximum Gasteiger partial charge on any atom is 0.432 e. The van der Waals surface area contributed by atoms with E-state index in [9.17, 15) is 8.42 Å². The van der Waals surface area contributed by atoms with Crippen molar-refractivity contribution >= 4 is 17.5 Å². The minimum absolute atomic E-state index is 0.370. The third-order valence-electron chi connectivity index (χ3n) is 1.17. The highest BCUT2D eigenvalue weighted by molar-refractivity contribution is 7.90. The van der Waals surface area contributed by atoms with E-state index in [4.69, 9.17) is 10.0 Å². The molecule has 0 saturated heterocycles. The summed E-state index contributed by atoms with van der Waals surface area (Å²) in [6, 6.07) is 8.35. The van der Waals surface area contributed by atoms with Crippen molar-refractivity contribution < 1.29 is 18.5 Å². The first kappa shape index (κ1) is 12.2. The largest absolute Gasteiger partial charge is 0.432 e. The number of hydrogen-bond donors (Lipinski definition) is 2. The maximum absolute atomic E-state index is 10.8. The minimum atomic E-state index is -3.00. The SMILES string of the molecule is CS(=O)(=O)c1ccccc1.OBO. The lowest BCUT2D eigenvalue weighted by Gasteiger charge is -1.93. The van der Waals surface area contributed by atoms with Crippen molar-refractivity contribution in [3.05, 3.63) is 30.3 Å². The van der Waals surface area contributed by atoms with Crippen molar-refractivity contribution in [3.63, 3.8) is 0 Å². The highest BCUT2D eigenvalue weighted by atomic mass is 32.2. The van der Waals surface area contributed by atoms with Crippen LogP contribution in [0.25, 0.3) is 0 Å². The molecule has 0 unspecified atom stereocenters. The first-order chi connectivity index (χ1) is 6.02. The van der Waals surface area contributed by atoms with Gasteiger partial charge in [0.15, 0.2) is 9.84 Å². The van der Waals surface area contributed by atoms with Crippen LogP contribution in [-0.2, 0) is 9.84 Å². The summed E-state index contributed by atoms with van der Waals surface area (Å²) in [6.07, 6.45) is 1.20. The predicted octanol–water partition coefficient (Wildman–Crippen LogP) is -0.672. The second kappa shape index (κ2) is 5.74. The summed E-state index contributed by atoms with van der Waals surface area (Å²) in [5.74, 6) is 0.